The van der Waals surface area contributed by atoms with E-state index in [2.05, 4.69) is 13.8 Å². The monoisotopic (exact) mass is 454 g/mol. The Morgan fingerprint density at radius 1 is 1.10 bits per heavy atom. The molecular weight excluding hydrogens is 432 g/mol. The zero-order valence-electron chi connectivity index (χ0n) is 17.4. The second kappa shape index (κ2) is 8.28. The molecule has 2 aromatic heterocycles. The first kappa shape index (κ1) is 21.3. The van der Waals surface area contributed by atoms with Gasteiger partial charge in [-0.1, -0.05) is 49.4 Å². The van der Waals surface area contributed by atoms with E-state index < -0.39 is 15.7 Å². The molecule has 1 amide bonds. The SMILES string of the molecule is CC(C)c1cccc2sc(N(Cc3ccco3)C(=O)c3ccccc3S(C)(=O)=O)nc12. The van der Waals surface area contributed by atoms with Crippen molar-refractivity contribution in [3.8, 4) is 0 Å². The van der Waals surface area contributed by atoms with Crippen LogP contribution in [0, 0.1) is 0 Å². The summed E-state index contributed by atoms with van der Waals surface area (Å²) in [6.07, 6.45) is 2.64. The van der Waals surface area contributed by atoms with E-state index in [9.17, 15) is 13.2 Å². The van der Waals surface area contributed by atoms with E-state index in [-0.39, 0.29) is 22.9 Å². The number of nitrogens with zero attached hydrogens (tertiary/aromatic N) is 2. The number of carbonyl (C=O) groups is 1. The van der Waals surface area contributed by atoms with Crippen molar-refractivity contribution in [3.05, 3.63) is 77.7 Å². The Hall–Kier alpha value is -2.97. The summed E-state index contributed by atoms with van der Waals surface area (Å²) in [5.74, 6) is 0.412. The van der Waals surface area contributed by atoms with Crippen LogP contribution in [-0.2, 0) is 16.4 Å². The number of anilines is 1. The average molecular weight is 455 g/mol. The van der Waals surface area contributed by atoms with E-state index in [1.807, 2.05) is 18.2 Å². The zero-order valence-corrected chi connectivity index (χ0v) is 19.0. The van der Waals surface area contributed by atoms with Crippen LogP contribution in [-0.4, -0.2) is 25.6 Å². The summed E-state index contributed by atoms with van der Waals surface area (Å²) < 4.78 is 31.0. The van der Waals surface area contributed by atoms with Crippen LogP contribution in [0.3, 0.4) is 0 Å². The van der Waals surface area contributed by atoms with Gasteiger partial charge in [0.1, 0.15) is 5.76 Å². The number of aromatic nitrogens is 1. The topological polar surface area (TPSA) is 80.5 Å². The van der Waals surface area contributed by atoms with Crippen molar-refractivity contribution in [1.82, 2.24) is 4.98 Å². The maximum Gasteiger partial charge on any atom is 0.261 e. The molecule has 0 aliphatic rings. The Balaban J connectivity index is 1.86. The second-order valence-corrected chi connectivity index (χ2v) is 10.6. The largest absolute Gasteiger partial charge is 0.467 e. The van der Waals surface area contributed by atoms with Crippen molar-refractivity contribution in [2.45, 2.75) is 31.2 Å². The van der Waals surface area contributed by atoms with E-state index in [1.54, 1.807) is 24.3 Å². The van der Waals surface area contributed by atoms with Crippen LogP contribution in [0.15, 0.2) is 70.2 Å². The lowest BCUT2D eigenvalue weighted by Gasteiger charge is -2.20. The summed E-state index contributed by atoms with van der Waals surface area (Å²) in [5.41, 5.74) is 2.06. The number of rotatable bonds is 6. The first-order valence-corrected chi connectivity index (χ1v) is 12.5. The second-order valence-electron chi connectivity index (χ2n) is 7.58. The third-order valence-electron chi connectivity index (χ3n) is 4.95. The van der Waals surface area contributed by atoms with Crippen LogP contribution >= 0.6 is 11.3 Å². The van der Waals surface area contributed by atoms with Crippen LogP contribution in [0.4, 0.5) is 5.13 Å². The molecular formula is C23H22N2O4S2. The number of sulfone groups is 1. The molecule has 0 fully saturated rings. The summed E-state index contributed by atoms with van der Waals surface area (Å²) in [4.78, 5) is 19.9. The molecule has 0 bridgehead atoms. The van der Waals surface area contributed by atoms with Gasteiger partial charge in [0.25, 0.3) is 5.91 Å². The number of benzene rings is 2. The molecule has 0 spiro atoms. The summed E-state index contributed by atoms with van der Waals surface area (Å²) in [5, 5.41) is 0.493. The van der Waals surface area contributed by atoms with E-state index in [0.717, 1.165) is 22.0 Å². The maximum atomic E-state index is 13.6. The zero-order chi connectivity index (χ0) is 22.2. The minimum atomic E-state index is -3.59. The van der Waals surface area contributed by atoms with Crippen LogP contribution < -0.4 is 4.90 Å². The minimum Gasteiger partial charge on any atom is -0.467 e. The number of hydrogen-bond donors (Lipinski definition) is 0. The van der Waals surface area contributed by atoms with Gasteiger partial charge in [-0.05, 0) is 41.8 Å². The highest BCUT2D eigenvalue weighted by Crippen LogP contribution is 2.35. The summed E-state index contributed by atoms with van der Waals surface area (Å²) in [6, 6.07) is 15.8. The van der Waals surface area contributed by atoms with Gasteiger partial charge in [0.15, 0.2) is 15.0 Å². The molecule has 4 aromatic rings. The Bertz CT molecular complexity index is 1340. The Labute approximate surface area is 185 Å². The molecule has 6 nitrogen and oxygen atoms in total. The average Bonchev–Trinajstić information content (AvgIpc) is 3.39. The first-order valence-electron chi connectivity index (χ1n) is 9.78. The van der Waals surface area contributed by atoms with Crippen molar-refractivity contribution in [3.63, 3.8) is 0 Å². The molecule has 0 radical (unpaired) electrons. The maximum absolute atomic E-state index is 13.6. The van der Waals surface area contributed by atoms with Crippen LogP contribution in [0.2, 0.25) is 0 Å². The van der Waals surface area contributed by atoms with Crippen LogP contribution in [0.1, 0.15) is 41.4 Å². The predicted molar refractivity (Wildman–Crippen MR) is 122 cm³/mol. The summed E-state index contributed by atoms with van der Waals surface area (Å²) in [7, 11) is -3.59. The van der Waals surface area contributed by atoms with E-state index in [4.69, 9.17) is 9.40 Å². The van der Waals surface area contributed by atoms with Crippen molar-refractivity contribution in [1.29, 1.82) is 0 Å². The highest BCUT2D eigenvalue weighted by atomic mass is 32.2. The van der Waals surface area contributed by atoms with Gasteiger partial charge in [-0.3, -0.25) is 9.69 Å². The van der Waals surface area contributed by atoms with Gasteiger partial charge in [0, 0.05) is 6.26 Å². The molecule has 0 atom stereocenters. The standard InChI is InChI=1S/C23H22N2O4S2/c1-15(2)17-10-6-11-19-21(17)24-23(30-19)25(14-16-8-7-13-29-16)22(26)18-9-4-5-12-20(18)31(3,27)28/h4-13,15H,14H2,1-3H3. The van der Waals surface area contributed by atoms with E-state index >= 15 is 0 Å². The molecule has 0 unspecified atom stereocenters. The fourth-order valence-corrected chi connectivity index (χ4v) is 5.31. The van der Waals surface area contributed by atoms with Gasteiger partial charge >= 0.3 is 0 Å². The highest BCUT2D eigenvalue weighted by Gasteiger charge is 2.27. The number of thiazole rings is 1. The molecule has 31 heavy (non-hydrogen) atoms. The molecule has 0 N–H and O–H groups in total. The third kappa shape index (κ3) is 4.26. The van der Waals surface area contributed by atoms with E-state index in [0.29, 0.717) is 10.9 Å². The molecule has 160 valence electrons. The van der Waals surface area contributed by atoms with Gasteiger partial charge in [-0.25, -0.2) is 13.4 Å². The number of fused-ring (bicyclic) bond motifs is 1. The number of hydrogen-bond acceptors (Lipinski definition) is 6. The van der Waals surface area contributed by atoms with Gasteiger partial charge in [-0.15, -0.1) is 0 Å². The first-order chi connectivity index (χ1) is 14.8. The minimum absolute atomic E-state index is 0.00609. The molecule has 2 aromatic carbocycles. The molecule has 0 saturated carbocycles. The van der Waals surface area contributed by atoms with E-state index in [1.165, 1.54) is 34.6 Å². The molecule has 4 rings (SSSR count). The smallest absolute Gasteiger partial charge is 0.261 e. The number of furan rings is 1. The van der Waals surface area contributed by atoms with Crippen molar-refractivity contribution < 1.29 is 17.6 Å². The fourth-order valence-electron chi connectivity index (χ4n) is 3.44. The molecule has 0 saturated heterocycles. The molecule has 2 heterocycles. The van der Waals surface area contributed by atoms with Crippen LogP contribution in [0.25, 0.3) is 10.2 Å². The molecule has 0 aliphatic carbocycles. The normalized spacial score (nSPS) is 11.9. The quantitative estimate of drug-likeness (QED) is 0.397. The Morgan fingerprint density at radius 2 is 1.87 bits per heavy atom. The van der Waals surface area contributed by atoms with Gasteiger partial charge in [0.2, 0.25) is 0 Å². The number of para-hydroxylation sites is 1. The third-order valence-corrected chi connectivity index (χ3v) is 7.15. The van der Waals surface area contributed by atoms with Gasteiger partial charge < -0.3 is 4.42 Å². The Morgan fingerprint density at radius 3 is 2.55 bits per heavy atom. The highest BCUT2D eigenvalue weighted by molar-refractivity contribution is 7.90. The summed E-state index contributed by atoms with van der Waals surface area (Å²) >= 11 is 1.40. The van der Waals surface area contributed by atoms with Gasteiger partial charge in [0.05, 0.1) is 33.5 Å². The lowest BCUT2D eigenvalue weighted by Crippen LogP contribution is -2.31. The fraction of sp³-hybridized carbons (Fsp3) is 0.217. The predicted octanol–water partition coefficient (Wildman–Crippen LogP) is 5.26. The van der Waals surface area contributed by atoms with Crippen LogP contribution in [0.5, 0.6) is 0 Å². The van der Waals surface area contributed by atoms with Gasteiger partial charge in [-0.2, -0.15) is 0 Å². The molecule has 0 aliphatic heterocycles. The number of amides is 1. The lowest BCUT2D eigenvalue weighted by molar-refractivity contribution is 0.0980. The summed E-state index contributed by atoms with van der Waals surface area (Å²) in [6.45, 7) is 4.34. The lowest BCUT2D eigenvalue weighted by atomic mass is 10.0. The molecule has 8 heteroatoms. The van der Waals surface area contributed by atoms with Crippen molar-refractivity contribution in [2.24, 2.45) is 0 Å². The Kier molecular flexibility index (Phi) is 5.68. The van der Waals surface area contributed by atoms with Crippen molar-refractivity contribution >= 4 is 42.4 Å². The van der Waals surface area contributed by atoms with Crippen molar-refractivity contribution in [2.75, 3.05) is 11.2 Å². The number of carbonyl (C=O) groups excluding carboxylic acids is 1.